The van der Waals surface area contributed by atoms with Gasteiger partial charge >= 0.3 is 6.09 Å². The minimum absolute atomic E-state index is 0.212. The largest absolute Gasteiger partial charge is 0.444 e. The summed E-state index contributed by atoms with van der Waals surface area (Å²) in [7, 11) is 0. The Balaban J connectivity index is 1.35. The Labute approximate surface area is 225 Å². The van der Waals surface area contributed by atoms with Crippen LogP contribution in [0.1, 0.15) is 69.3 Å². The van der Waals surface area contributed by atoms with E-state index in [-0.39, 0.29) is 6.09 Å². The minimum atomic E-state index is -0.464. The summed E-state index contributed by atoms with van der Waals surface area (Å²) in [5, 5.41) is 18.0. The molecule has 2 heterocycles. The molecule has 4 rings (SSSR count). The predicted octanol–water partition coefficient (Wildman–Crippen LogP) is 6.97. The van der Waals surface area contributed by atoms with E-state index in [1.165, 1.54) is 5.56 Å². The Morgan fingerprint density at radius 1 is 1.18 bits per heavy atom. The molecule has 1 fully saturated rings. The SMILES string of the molecule is C/C=C/c1c(NCCc2ccc(C#N)cc2)ccc2c(CCC3CCN(C(=O)OC(C)(C)C)CC3)noc12. The monoisotopic (exact) mass is 514 g/mol. The van der Waals surface area contributed by atoms with Crippen LogP contribution in [-0.4, -0.2) is 41.4 Å². The van der Waals surface area contributed by atoms with Gasteiger partial charge in [0.05, 0.1) is 17.3 Å². The van der Waals surface area contributed by atoms with E-state index in [1.807, 2.05) is 62.9 Å². The number of amides is 1. The van der Waals surface area contributed by atoms with Gasteiger partial charge in [-0.15, -0.1) is 0 Å². The average molecular weight is 515 g/mol. The highest BCUT2D eigenvalue weighted by molar-refractivity contribution is 5.93. The summed E-state index contributed by atoms with van der Waals surface area (Å²) in [6.45, 7) is 9.95. The highest BCUT2D eigenvalue weighted by atomic mass is 16.6. The number of piperidine rings is 1. The number of likely N-dealkylation sites (tertiary alicyclic amines) is 1. The standard InChI is InChI=1S/C31H38N4O3/c1-5-6-25-27(33-18-15-22-7-9-24(21-32)10-8-22)14-12-26-28(34-38-29(25)26)13-11-23-16-19-35(20-17-23)30(36)37-31(2,3)4/h5-10,12,14,23,33H,11,13,15-20H2,1-4H3/b6-5+. The van der Waals surface area contributed by atoms with Crippen LogP contribution in [0.2, 0.25) is 0 Å². The minimum Gasteiger partial charge on any atom is -0.444 e. The Bertz CT molecular complexity index is 1300. The highest BCUT2D eigenvalue weighted by Crippen LogP contribution is 2.32. The summed E-state index contributed by atoms with van der Waals surface area (Å²) in [6.07, 6.45) is 8.55. The lowest BCUT2D eigenvalue weighted by Gasteiger charge is -2.33. The number of rotatable bonds is 8. The Morgan fingerprint density at radius 2 is 1.92 bits per heavy atom. The quantitative estimate of drug-likeness (QED) is 0.349. The highest BCUT2D eigenvalue weighted by Gasteiger charge is 2.27. The molecule has 1 N–H and O–H groups in total. The molecule has 1 aromatic heterocycles. The molecule has 0 spiro atoms. The van der Waals surface area contributed by atoms with E-state index in [0.29, 0.717) is 11.5 Å². The lowest BCUT2D eigenvalue weighted by Crippen LogP contribution is -2.41. The zero-order valence-electron chi connectivity index (χ0n) is 22.9. The third-order valence-corrected chi connectivity index (χ3v) is 6.96. The van der Waals surface area contributed by atoms with E-state index in [1.54, 1.807) is 0 Å². The summed E-state index contributed by atoms with van der Waals surface area (Å²) in [4.78, 5) is 14.2. The number of hydrogen-bond acceptors (Lipinski definition) is 6. The van der Waals surface area contributed by atoms with Crippen molar-refractivity contribution >= 4 is 28.8 Å². The first-order chi connectivity index (χ1) is 18.3. The zero-order chi connectivity index (χ0) is 27.1. The third-order valence-electron chi connectivity index (χ3n) is 6.96. The molecule has 1 amide bonds. The maximum atomic E-state index is 12.3. The molecule has 1 aliphatic heterocycles. The number of carbonyl (C=O) groups is 1. The van der Waals surface area contributed by atoms with E-state index in [0.717, 1.165) is 79.7 Å². The van der Waals surface area contributed by atoms with Crippen LogP contribution < -0.4 is 5.32 Å². The lowest BCUT2D eigenvalue weighted by molar-refractivity contribution is 0.0181. The smallest absolute Gasteiger partial charge is 0.410 e. The van der Waals surface area contributed by atoms with Gasteiger partial charge in [-0.1, -0.05) is 29.4 Å². The van der Waals surface area contributed by atoms with E-state index in [4.69, 9.17) is 14.5 Å². The number of nitrogens with zero attached hydrogens (tertiary/aromatic N) is 3. The Hall–Kier alpha value is -3.79. The zero-order valence-corrected chi connectivity index (χ0v) is 22.9. The second-order valence-corrected chi connectivity index (χ2v) is 11.0. The molecule has 7 nitrogen and oxygen atoms in total. The Morgan fingerprint density at radius 3 is 2.58 bits per heavy atom. The van der Waals surface area contributed by atoms with Crippen molar-refractivity contribution in [2.24, 2.45) is 5.92 Å². The van der Waals surface area contributed by atoms with Crippen LogP contribution in [0.25, 0.3) is 17.0 Å². The predicted molar refractivity (Wildman–Crippen MR) is 151 cm³/mol. The van der Waals surface area contributed by atoms with Gasteiger partial charge in [0, 0.05) is 36.3 Å². The third kappa shape index (κ3) is 6.95. The fourth-order valence-corrected chi connectivity index (χ4v) is 4.90. The van der Waals surface area contributed by atoms with Crippen molar-refractivity contribution in [2.75, 3.05) is 25.0 Å². The molecule has 200 valence electrons. The van der Waals surface area contributed by atoms with Crippen molar-refractivity contribution < 1.29 is 14.1 Å². The van der Waals surface area contributed by atoms with Crippen molar-refractivity contribution in [3.05, 3.63) is 64.9 Å². The fraction of sp³-hybridized carbons (Fsp3) is 0.452. The van der Waals surface area contributed by atoms with Crippen molar-refractivity contribution in [1.82, 2.24) is 10.1 Å². The van der Waals surface area contributed by atoms with Crippen LogP contribution >= 0.6 is 0 Å². The number of anilines is 1. The molecule has 7 heteroatoms. The van der Waals surface area contributed by atoms with Gasteiger partial charge in [-0.05, 0) is 95.5 Å². The first-order valence-corrected chi connectivity index (χ1v) is 13.5. The molecule has 1 saturated heterocycles. The topological polar surface area (TPSA) is 91.4 Å². The van der Waals surface area contributed by atoms with Crippen molar-refractivity contribution in [2.45, 2.75) is 65.4 Å². The summed E-state index contributed by atoms with van der Waals surface area (Å²) < 4.78 is 11.4. The first-order valence-electron chi connectivity index (χ1n) is 13.5. The molecule has 0 saturated carbocycles. The molecule has 0 atom stereocenters. The molecule has 38 heavy (non-hydrogen) atoms. The normalized spacial score (nSPS) is 14.7. The van der Waals surface area contributed by atoms with Gasteiger partial charge < -0.3 is 19.5 Å². The molecule has 1 aliphatic rings. The van der Waals surface area contributed by atoms with Gasteiger partial charge in [-0.2, -0.15) is 5.26 Å². The van der Waals surface area contributed by atoms with Crippen LogP contribution in [-0.2, 0) is 17.6 Å². The molecule has 0 bridgehead atoms. The molecular weight excluding hydrogens is 476 g/mol. The van der Waals surface area contributed by atoms with Gasteiger partial charge in [0.1, 0.15) is 5.60 Å². The van der Waals surface area contributed by atoms with E-state index >= 15 is 0 Å². The molecule has 0 radical (unpaired) electrons. The molecule has 0 aliphatic carbocycles. The van der Waals surface area contributed by atoms with Crippen LogP contribution in [0.5, 0.6) is 0 Å². The summed E-state index contributed by atoms with van der Waals surface area (Å²) >= 11 is 0. The van der Waals surface area contributed by atoms with Gasteiger partial charge in [0.15, 0.2) is 5.58 Å². The Kier molecular flexibility index (Phi) is 8.73. The maximum absolute atomic E-state index is 12.3. The lowest BCUT2D eigenvalue weighted by atomic mass is 9.91. The fourth-order valence-electron chi connectivity index (χ4n) is 4.90. The van der Waals surface area contributed by atoms with Crippen molar-refractivity contribution in [3.63, 3.8) is 0 Å². The second kappa shape index (κ2) is 12.2. The number of aryl methyl sites for hydroxylation is 1. The van der Waals surface area contributed by atoms with Gasteiger partial charge in [0.2, 0.25) is 0 Å². The number of hydrogen-bond donors (Lipinski definition) is 1. The van der Waals surface area contributed by atoms with Crippen LogP contribution in [0.3, 0.4) is 0 Å². The molecule has 3 aromatic rings. The van der Waals surface area contributed by atoms with E-state index in [9.17, 15) is 4.79 Å². The van der Waals surface area contributed by atoms with Crippen LogP contribution in [0, 0.1) is 17.2 Å². The second-order valence-electron chi connectivity index (χ2n) is 11.0. The summed E-state index contributed by atoms with van der Waals surface area (Å²) in [6, 6.07) is 14.1. The average Bonchev–Trinajstić information content (AvgIpc) is 3.31. The molecule has 0 unspecified atom stereocenters. The van der Waals surface area contributed by atoms with Crippen molar-refractivity contribution in [1.29, 1.82) is 5.26 Å². The summed E-state index contributed by atoms with van der Waals surface area (Å²) in [5.74, 6) is 0.554. The van der Waals surface area contributed by atoms with Gasteiger partial charge in [-0.25, -0.2) is 4.79 Å². The first kappa shape index (κ1) is 27.3. The van der Waals surface area contributed by atoms with E-state index in [2.05, 4.69) is 34.8 Å². The van der Waals surface area contributed by atoms with Gasteiger partial charge in [-0.3, -0.25) is 0 Å². The number of ether oxygens (including phenoxy) is 1. The molecular formula is C31H38N4O3. The van der Waals surface area contributed by atoms with E-state index < -0.39 is 5.60 Å². The maximum Gasteiger partial charge on any atom is 0.410 e. The number of nitriles is 1. The summed E-state index contributed by atoms with van der Waals surface area (Å²) in [5.41, 5.74) is 5.22. The number of carbonyl (C=O) groups excluding carboxylic acids is 1. The number of aromatic nitrogens is 1. The number of fused-ring (bicyclic) bond motifs is 1. The number of allylic oxidation sites excluding steroid dienone is 1. The number of nitrogens with one attached hydrogen (secondary N) is 1. The number of benzene rings is 2. The van der Waals surface area contributed by atoms with Crippen LogP contribution in [0.15, 0.2) is 47.0 Å². The van der Waals surface area contributed by atoms with Crippen molar-refractivity contribution in [3.8, 4) is 6.07 Å². The molecule has 2 aromatic carbocycles. The van der Waals surface area contributed by atoms with Crippen LogP contribution in [0.4, 0.5) is 10.5 Å². The van der Waals surface area contributed by atoms with Gasteiger partial charge in [0.25, 0.3) is 0 Å².